The molecule has 4 heterocycles. The predicted octanol–water partition coefficient (Wildman–Crippen LogP) is 11.0. The van der Waals surface area contributed by atoms with Crippen molar-refractivity contribution in [3.05, 3.63) is 145 Å². The van der Waals surface area contributed by atoms with Crippen LogP contribution in [0.1, 0.15) is 5.56 Å². The first-order chi connectivity index (χ1) is 25.8. The monoisotopic (exact) mass is 686 g/mol. The molecule has 4 aromatic heterocycles. The van der Waals surface area contributed by atoms with E-state index in [0.717, 1.165) is 106 Å². The van der Waals surface area contributed by atoms with Crippen LogP contribution >= 0.6 is 0 Å². The molecular formula is C47H38N6. The molecule has 0 bridgehead atoms. The second kappa shape index (κ2) is 12.8. The van der Waals surface area contributed by atoms with Crippen LogP contribution in [-0.4, -0.2) is 48.1 Å². The summed E-state index contributed by atoms with van der Waals surface area (Å²) >= 11 is 0. The predicted molar refractivity (Wildman–Crippen MR) is 223 cm³/mol. The molecule has 53 heavy (non-hydrogen) atoms. The van der Waals surface area contributed by atoms with Gasteiger partial charge >= 0.3 is 0 Å². The number of aryl methyl sites for hydroxylation is 1. The molecule has 5 aromatic carbocycles. The molecule has 0 saturated heterocycles. The van der Waals surface area contributed by atoms with Crippen molar-refractivity contribution in [3.8, 4) is 44.8 Å². The van der Waals surface area contributed by atoms with Gasteiger partial charge in [-0.05, 0) is 65.1 Å². The van der Waals surface area contributed by atoms with Gasteiger partial charge in [0.25, 0.3) is 0 Å². The van der Waals surface area contributed by atoms with Crippen LogP contribution in [0.5, 0.6) is 0 Å². The van der Waals surface area contributed by atoms with E-state index >= 15 is 0 Å². The van der Waals surface area contributed by atoms with Crippen molar-refractivity contribution < 1.29 is 0 Å². The van der Waals surface area contributed by atoms with Gasteiger partial charge in [0.15, 0.2) is 0 Å². The Morgan fingerprint density at radius 1 is 0.377 bits per heavy atom. The lowest BCUT2D eigenvalue weighted by molar-refractivity contribution is 1.08. The van der Waals surface area contributed by atoms with E-state index in [9.17, 15) is 0 Å². The summed E-state index contributed by atoms with van der Waals surface area (Å²) in [5, 5.41) is 4.30. The highest BCUT2D eigenvalue weighted by atomic mass is 15.1. The topological polar surface area (TPSA) is 58.0 Å². The molecule has 9 aromatic rings. The van der Waals surface area contributed by atoms with Gasteiger partial charge in [0, 0.05) is 60.9 Å². The average molecular weight is 687 g/mol. The Bertz CT molecular complexity index is 2850. The number of aromatic nitrogens is 4. The van der Waals surface area contributed by atoms with E-state index < -0.39 is 0 Å². The van der Waals surface area contributed by atoms with Crippen LogP contribution in [0, 0.1) is 6.92 Å². The van der Waals surface area contributed by atoms with Crippen LogP contribution in [0.25, 0.3) is 88.4 Å². The summed E-state index contributed by atoms with van der Waals surface area (Å²) in [6.07, 6.45) is 0. The largest absolute Gasteiger partial charge is 0.363 e. The lowest BCUT2D eigenvalue weighted by atomic mass is 9.97. The molecule has 256 valence electrons. The maximum Gasteiger partial charge on any atom is 0.129 e. The minimum atomic E-state index is 0.894. The van der Waals surface area contributed by atoms with Crippen molar-refractivity contribution in [3.63, 3.8) is 0 Å². The van der Waals surface area contributed by atoms with Crippen molar-refractivity contribution in [2.24, 2.45) is 0 Å². The highest BCUT2D eigenvalue weighted by Crippen LogP contribution is 2.38. The number of fused-ring (bicyclic) bond motifs is 6. The Hall–Kier alpha value is -6.66. The molecule has 0 amide bonds. The zero-order valence-corrected chi connectivity index (χ0v) is 30.5. The number of rotatable bonds is 6. The van der Waals surface area contributed by atoms with Crippen molar-refractivity contribution >= 4 is 55.2 Å². The van der Waals surface area contributed by atoms with Gasteiger partial charge in [-0.25, -0.2) is 19.9 Å². The van der Waals surface area contributed by atoms with Crippen molar-refractivity contribution in [1.29, 1.82) is 0 Å². The van der Waals surface area contributed by atoms with Gasteiger partial charge < -0.3 is 9.80 Å². The highest BCUT2D eigenvalue weighted by molar-refractivity contribution is 6.11. The van der Waals surface area contributed by atoms with Crippen LogP contribution in [0.4, 0.5) is 11.6 Å². The Balaban J connectivity index is 1.15. The van der Waals surface area contributed by atoms with E-state index in [1.807, 2.05) is 40.3 Å². The first-order valence-electron chi connectivity index (χ1n) is 17.9. The van der Waals surface area contributed by atoms with Crippen LogP contribution in [0.3, 0.4) is 0 Å². The van der Waals surface area contributed by atoms with Gasteiger partial charge in [0.1, 0.15) is 11.6 Å². The van der Waals surface area contributed by atoms with Gasteiger partial charge in [0.2, 0.25) is 0 Å². The second-order valence-electron chi connectivity index (χ2n) is 14.1. The van der Waals surface area contributed by atoms with Gasteiger partial charge in [-0.1, -0.05) is 109 Å². The van der Waals surface area contributed by atoms with Crippen LogP contribution in [0.15, 0.2) is 140 Å². The number of hydrogen-bond acceptors (Lipinski definition) is 6. The van der Waals surface area contributed by atoms with Crippen LogP contribution < -0.4 is 9.80 Å². The third-order valence-electron chi connectivity index (χ3n) is 10.1. The molecule has 0 aliphatic heterocycles. The van der Waals surface area contributed by atoms with Crippen LogP contribution in [0.2, 0.25) is 0 Å². The number of anilines is 2. The fourth-order valence-electron chi connectivity index (χ4n) is 7.31. The molecule has 9 rings (SSSR count). The first-order valence-corrected chi connectivity index (χ1v) is 17.9. The smallest absolute Gasteiger partial charge is 0.129 e. The number of hydrogen-bond donors (Lipinski definition) is 0. The summed E-state index contributed by atoms with van der Waals surface area (Å²) in [5.41, 5.74) is 13.3. The minimum absolute atomic E-state index is 0.894. The number of nitrogens with zero attached hydrogens (tertiary/aromatic N) is 6. The first kappa shape index (κ1) is 32.3. The van der Waals surface area contributed by atoms with Gasteiger partial charge in [0.05, 0.1) is 33.5 Å². The van der Waals surface area contributed by atoms with Gasteiger partial charge in [-0.15, -0.1) is 0 Å². The Kier molecular flexibility index (Phi) is 7.81. The van der Waals surface area contributed by atoms with Crippen molar-refractivity contribution in [2.75, 3.05) is 38.0 Å². The molecule has 0 atom stereocenters. The molecule has 0 aliphatic rings. The maximum absolute atomic E-state index is 5.29. The van der Waals surface area contributed by atoms with E-state index in [0.29, 0.717) is 0 Å². The maximum atomic E-state index is 5.29. The molecule has 0 radical (unpaired) electrons. The fourth-order valence-corrected chi connectivity index (χ4v) is 7.31. The summed E-state index contributed by atoms with van der Waals surface area (Å²) in [6, 6.07) is 49.1. The second-order valence-corrected chi connectivity index (χ2v) is 14.1. The molecule has 0 spiro atoms. The molecule has 0 unspecified atom stereocenters. The zero-order valence-electron chi connectivity index (χ0n) is 30.5. The molecule has 0 fully saturated rings. The summed E-state index contributed by atoms with van der Waals surface area (Å²) in [5.74, 6) is 1.80. The lowest BCUT2D eigenvalue weighted by Gasteiger charge is -2.17. The van der Waals surface area contributed by atoms with E-state index in [4.69, 9.17) is 19.9 Å². The lowest BCUT2D eigenvalue weighted by Crippen LogP contribution is -2.11. The SMILES string of the molecule is Cc1cc(-c2ccc3ccc4c(-c5ccccc5)cc(N(C)C)nc4c3n2)ccc1-c1ccc2ccc3c(-c4ccccc4)cc(N(C)C)nc3c2n1. The summed E-state index contributed by atoms with van der Waals surface area (Å²) in [4.78, 5) is 24.9. The van der Waals surface area contributed by atoms with E-state index in [-0.39, 0.29) is 0 Å². The van der Waals surface area contributed by atoms with E-state index in [1.165, 1.54) is 0 Å². The quantitative estimate of drug-likeness (QED) is 0.162. The molecular weight excluding hydrogens is 649 g/mol. The third-order valence-corrected chi connectivity index (χ3v) is 10.1. The van der Waals surface area contributed by atoms with E-state index in [1.54, 1.807) is 0 Å². The van der Waals surface area contributed by atoms with Gasteiger partial charge in [-0.3, -0.25) is 0 Å². The zero-order chi connectivity index (χ0) is 36.2. The highest BCUT2D eigenvalue weighted by Gasteiger charge is 2.17. The number of benzene rings is 5. The number of pyridine rings is 4. The fraction of sp³-hybridized carbons (Fsp3) is 0.106. The van der Waals surface area contributed by atoms with Crippen molar-refractivity contribution in [2.45, 2.75) is 6.92 Å². The standard InChI is InChI=1S/C47H38N6/c1-29-26-34(40-24-19-32-16-22-36-38(30-12-8-6-9-13-30)27-42(52(2)3)50-46(36)44(32)48-40)18-21-35(29)41-25-20-33-17-23-37-39(31-14-10-7-11-15-31)28-43(53(4)5)51-47(37)45(33)49-41/h6-28H,1-5H3. The normalized spacial score (nSPS) is 11.5. The van der Waals surface area contributed by atoms with E-state index in [2.05, 4.69) is 144 Å². The minimum Gasteiger partial charge on any atom is -0.363 e. The van der Waals surface area contributed by atoms with Crippen molar-refractivity contribution in [1.82, 2.24) is 19.9 Å². The molecule has 0 aliphatic carbocycles. The Morgan fingerprint density at radius 3 is 1.34 bits per heavy atom. The Morgan fingerprint density at radius 2 is 0.849 bits per heavy atom. The summed E-state index contributed by atoms with van der Waals surface area (Å²) < 4.78 is 0. The summed E-state index contributed by atoms with van der Waals surface area (Å²) in [7, 11) is 8.13. The van der Waals surface area contributed by atoms with Gasteiger partial charge in [-0.2, -0.15) is 0 Å². The summed E-state index contributed by atoms with van der Waals surface area (Å²) in [6.45, 7) is 2.15. The molecule has 6 nitrogen and oxygen atoms in total. The molecule has 6 heteroatoms. The molecule has 0 N–H and O–H groups in total. The molecule has 0 saturated carbocycles. The Labute approximate surface area is 309 Å². The third kappa shape index (κ3) is 5.69. The van der Waals surface area contributed by atoms with Crippen LogP contribution in [-0.2, 0) is 0 Å². The average Bonchev–Trinajstić information content (AvgIpc) is 3.20.